The maximum atomic E-state index is 11.7. The Labute approximate surface area is 124 Å². The maximum absolute atomic E-state index is 11.7. The zero-order valence-electron chi connectivity index (χ0n) is 10.6. The molecule has 1 heterocycles. The monoisotopic (exact) mass is 336 g/mol. The summed E-state index contributed by atoms with van der Waals surface area (Å²) in [4.78, 5) is 23.3. The van der Waals surface area contributed by atoms with Crippen LogP contribution in [0.15, 0.2) is 51.7 Å². The third-order valence-electron chi connectivity index (χ3n) is 2.60. The SMILES string of the molecule is O=C(CNC(=O)c1ccoc1Br)NCc1ccccc1. The van der Waals surface area contributed by atoms with Gasteiger partial charge in [0, 0.05) is 6.54 Å². The molecular weight excluding hydrogens is 324 g/mol. The summed E-state index contributed by atoms with van der Waals surface area (Å²) in [7, 11) is 0. The minimum atomic E-state index is -0.361. The van der Waals surface area contributed by atoms with Crippen LogP contribution in [-0.2, 0) is 11.3 Å². The van der Waals surface area contributed by atoms with Gasteiger partial charge in [0.15, 0.2) is 4.67 Å². The van der Waals surface area contributed by atoms with Gasteiger partial charge in [0.1, 0.15) is 0 Å². The molecule has 1 aromatic heterocycles. The van der Waals surface area contributed by atoms with E-state index in [9.17, 15) is 9.59 Å². The quantitative estimate of drug-likeness (QED) is 0.878. The van der Waals surface area contributed by atoms with E-state index in [1.165, 1.54) is 12.3 Å². The highest BCUT2D eigenvalue weighted by Crippen LogP contribution is 2.16. The number of carbonyl (C=O) groups excluding carboxylic acids is 2. The second-order valence-electron chi connectivity index (χ2n) is 4.05. The molecule has 0 saturated carbocycles. The first-order valence-electron chi connectivity index (χ1n) is 5.98. The highest BCUT2D eigenvalue weighted by Gasteiger charge is 2.13. The molecule has 2 rings (SSSR count). The molecular formula is C14H13BrN2O3. The standard InChI is InChI=1S/C14H13BrN2O3/c15-13-11(6-7-20-13)14(19)17-9-12(18)16-8-10-4-2-1-3-5-10/h1-7H,8-9H2,(H,16,18)(H,17,19). The van der Waals surface area contributed by atoms with Crippen LogP contribution in [0.5, 0.6) is 0 Å². The van der Waals surface area contributed by atoms with E-state index < -0.39 is 0 Å². The number of hydrogen-bond donors (Lipinski definition) is 2. The van der Waals surface area contributed by atoms with Gasteiger partial charge >= 0.3 is 0 Å². The summed E-state index contributed by atoms with van der Waals surface area (Å²) in [5.74, 6) is -0.609. The normalized spacial score (nSPS) is 10.1. The lowest BCUT2D eigenvalue weighted by Crippen LogP contribution is -2.36. The molecule has 0 aliphatic heterocycles. The van der Waals surface area contributed by atoms with Gasteiger partial charge in [0.2, 0.25) is 5.91 Å². The van der Waals surface area contributed by atoms with Gasteiger partial charge < -0.3 is 15.1 Å². The number of hydrogen-bond acceptors (Lipinski definition) is 3. The Morgan fingerprint density at radius 1 is 1.10 bits per heavy atom. The molecule has 20 heavy (non-hydrogen) atoms. The molecule has 0 bridgehead atoms. The molecule has 0 spiro atoms. The molecule has 0 aliphatic carbocycles. The third-order valence-corrected chi connectivity index (χ3v) is 3.22. The maximum Gasteiger partial charge on any atom is 0.256 e. The van der Waals surface area contributed by atoms with Crippen LogP contribution in [0.1, 0.15) is 15.9 Å². The molecule has 0 atom stereocenters. The predicted octanol–water partition coefficient (Wildman–Crippen LogP) is 2.09. The van der Waals surface area contributed by atoms with Crippen molar-refractivity contribution < 1.29 is 14.0 Å². The van der Waals surface area contributed by atoms with E-state index in [1.54, 1.807) is 0 Å². The van der Waals surface area contributed by atoms with E-state index >= 15 is 0 Å². The number of halogens is 1. The first-order valence-corrected chi connectivity index (χ1v) is 6.78. The second-order valence-corrected chi connectivity index (χ2v) is 4.77. The lowest BCUT2D eigenvalue weighted by atomic mass is 10.2. The fraction of sp³-hybridized carbons (Fsp3) is 0.143. The summed E-state index contributed by atoms with van der Waals surface area (Å²) in [6.45, 7) is 0.355. The Morgan fingerprint density at radius 2 is 1.85 bits per heavy atom. The summed E-state index contributed by atoms with van der Waals surface area (Å²) < 4.78 is 5.30. The molecule has 0 saturated heterocycles. The predicted molar refractivity (Wildman–Crippen MR) is 77.0 cm³/mol. The van der Waals surface area contributed by atoms with Crippen molar-refractivity contribution in [2.24, 2.45) is 0 Å². The Bertz CT molecular complexity index is 595. The zero-order valence-corrected chi connectivity index (χ0v) is 12.1. The number of nitrogens with one attached hydrogen (secondary N) is 2. The van der Waals surface area contributed by atoms with Gasteiger partial charge in [-0.05, 0) is 27.6 Å². The molecule has 2 N–H and O–H groups in total. The van der Waals surface area contributed by atoms with Crippen LogP contribution < -0.4 is 10.6 Å². The van der Waals surface area contributed by atoms with Crippen molar-refractivity contribution in [2.75, 3.05) is 6.54 Å². The van der Waals surface area contributed by atoms with E-state index in [0.717, 1.165) is 5.56 Å². The highest BCUT2D eigenvalue weighted by atomic mass is 79.9. The zero-order chi connectivity index (χ0) is 14.4. The number of furan rings is 1. The average Bonchev–Trinajstić information content (AvgIpc) is 2.90. The van der Waals surface area contributed by atoms with Crippen LogP contribution in [0.3, 0.4) is 0 Å². The molecule has 0 aliphatic rings. The summed E-state index contributed by atoms with van der Waals surface area (Å²) in [6.07, 6.45) is 1.40. The summed E-state index contributed by atoms with van der Waals surface area (Å²) in [5, 5.41) is 5.25. The average molecular weight is 337 g/mol. The molecule has 0 radical (unpaired) electrons. The topological polar surface area (TPSA) is 71.3 Å². The van der Waals surface area contributed by atoms with Crippen LogP contribution in [-0.4, -0.2) is 18.4 Å². The lowest BCUT2D eigenvalue weighted by Gasteiger charge is -2.06. The van der Waals surface area contributed by atoms with Crippen molar-refractivity contribution in [3.8, 4) is 0 Å². The van der Waals surface area contributed by atoms with Crippen LogP contribution in [0, 0.1) is 0 Å². The van der Waals surface area contributed by atoms with Crippen LogP contribution in [0.25, 0.3) is 0 Å². The Morgan fingerprint density at radius 3 is 2.50 bits per heavy atom. The Kier molecular flexibility index (Phi) is 4.95. The van der Waals surface area contributed by atoms with Crippen molar-refractivity contribution in [1.82, 2.24) is 10.6 Å². The molecule has 2 aromatic rings. The van der Waals surface area contributed by atoms with Crippen molar-refractivity contribution >= 4 is 27.7 Å². The van der Waals surface area contributed by atoms with Crippen molar-refractivity contribution in [2.45, 2.75) is 6.54 Å². The Hall–Kier alpha value is -2.08. The number of rotatable bonds is 5. The van der Waals surface area contributed by atoms with Gasteiger partial charge in [-0.3, -0.25) is 9.59 Å². The minimum absolute atomic E-state index is 0.0801. The molecule has 104 valence electrons. The van der Waals surface area contributed by atoms with E-state index in [-0.39, 0.29) is 18.4 Å². The first-order chi connectivity index (χ1) is 9.66. The number of benzene rings is 1. The van der Waals surface area contributed by atoms with Gasteiger partial charge in [0.25, 0.3) is 5.91 Å². The molecule has 0 unspecified atom stereocenters. The van der Waals surface area contributed by atoms with E-state index in [1.807, 2.05) is 30.3 Å². The molecule has 5 nitrogen and oxygen atoms in total. The van der Waals surface area contributed by atoms with Gasteiger partial charge in [-0.15, -0.1) is 0 Å². The minimum Gasteiger partial charge on any atom is -0.457 e. The van der Waals surface area contributed by atoms with Crippen LogP contribution >= 0.6 is 15.9 Å². The van der Waals surface area contributed by atoms with Gasteiger partial charge in [-0.1, -0.05) is 30.3 Å². The highest BCUT2D eigenvalue weighted by molar-refractivity contribution is 9.10. The molecule has 0 fully saturated rings. The molecule has 6 heteroatoms. The summed E-state index contributed by atoms with van der Waals surface area (Å²) in [6, 6.07) is 11.1. The van der Waals surface area contributed by atoms with Gasteiger partial charge in [-0.2, -0.15) is 0 Å². The summed E-state index contributed by atoms with van der Waals surface area (Å²) >= 11 is 3.11. The fourth-order valence-electron chi connectivity index (χ4n) is 1.57. The summed E-state index contributed by atoms with van der Waals surface area (Å²) in [5.41, 5.74) is 1.37. The van der Waals surface area contributed by atoms with Crippen molar-refractivity contribution in [3.63, 3.8) is 0 Å². The fourth-order valence-corrected chi connectivity index (χ4v) is 1.99. The second kappa shape index (κ2) is 6.91. The van der Waals surface area contributed by atoms with Gasteiger partial charge in [-0.25, -0.2) is 0 Å². The number of carbonyl (C=O) groups is 2. The number of amides is 2. The van der Waals surface area contributed by atoms with Crippen LogP contribution in [0.2, 0.25) is 0 Å². The third kappa shape index (κ3) is 3.96. The molecule has 2 amide bonds. The van der Waals surface area contributed by atoms with Crippen molar-refractivity contribution in [1.29, 1.82) is 0 Å². The van der Waals surface area contributed by atoms with Gasteiger partial charge in [0.05, 0.1) is 18.4 Å². The van der Waals surface area contributed by atoms with Crippen molar-refractivity contribution in [3.05, 3.63) is 58.5 Å². The first kappa shape index (κ1) is 14.3. The van der Waals surface area contributed by atoms with E-state index in [2.05, 4.69) is 26.6 Å². The largest absolute Gasteiger partial charge is 0.457 e. The van der Waals surface area contributed by atoms with E-state index in [4.69, 9.17) is 4.42 Å². The van der Waals surface area contributed by atoms with E-state index in [0.29, 0.717) is 16.8 Å². The smallest absolute Gasteiger partial charge is 0.256 e. The van der Waals surface area contributed by atoms with Crippen LogP contribution in [0.4, 0.5) is 0 Å². The lowest BCUT2D eigenvalue weighted by molar-refractivity contribution is -0.120. The molecule has 1 aromatic carbocycles. The Balaban J connectivity index is 1.75.